The average molecular weight is 362 g/mol. The SMILES string of the molecule is CC1(c2ccccc2)CCCN(C(=O)Nc2ccc(-n3cnnn3)cc2)C1. The highest BCUT2D eigenvalue weighted by Crippen LogP contribution is 2.33. The summed E-state index contributed by atoms with van der Waals surface area (Å²) in [5, 5.41) is 14.1. The number of anilines is 1. The van der Waals surface area contributed by atoms with Crippen LogP contribution in [0.5, 0.6) is 0 Å². The second-order valence-electron chi connectivity index (χ2n) is 7.18. The third-order valence-corrected chi connectivity index (χ3v) is 5.19. The molecule has 4 rings (SSSR count). The Bertz CT molecular complexity index is 894. The summed E-state index contributed by atoms with van der Waals surface area (Å²) >= 11 is 0. The van der Waals surface area contributed by atoms with Gasteiger partial charge in [0.25, 0.3) is 0 Å². The van der Waals surface area contributed by atoms with Gasteiger partial charge in [-0.1, -0.05) is 37.3 Å². The largest absolute Gasteiger partial charge is 0.324 e. The van der Waals surface area contributed by atoms with Crippen LogP contribution in [0.3, 0.4) is 0 Å². The van der Waals surface area contributed by atoms with Gasteiger partial charge in [-0.05, 0) is 53.1 Å². The molecule has 3 aromatic rings. The zero-order chi connectivity index (χ0) is 18.7. The first-order chi connectivity index (χ1) is 13.1. The Morgan fingerprint density at radius 3 is 2.59 bits per heavy atom. The first-order valence-electron chi connectivity index (χ1n) is 9.09. The molecule has 1 N–H and O–H groups in total. The molecular weight excluding hydrogens is 340 g/mol. The topological polar surface area (TPSA) is 75.9 Å². The Kier molecular flexibility index (Phi) is 4.58. The molecule has 0 aliphatic carbocycles. The van der Waals surface area contributed by atoms with E-state index in [0.29, 0.717) is 6.54 Å². The highest BCUT2D eigenvalue weighted by molar-refractivity contribution is 5.89. The van der Waals surface area contributed by atoms with Crippen LogP contribution in [-0.2, 0) is 5.41 Å². The first-order valence-corrected chi connectivity index (χ1v) is 9.09. The van der Waals surface area contributed by atoms with Gasteiger partial charge < -0.3 is 10.2 Å². The van der Waals surface area contributed by atoms with Gasteiger partial charge in [0, 0.05) is 24.2 Å². The van der Waals surface area contributed by atoms with E-state index in [2.05, 4.69) is 52.0 Å². The zero-order valence-electron chi connectivity index (χ0n) is 15.2. The van der Waals surface area contributed by atoms with Gasteiger partial charge in [0.2, 0.25) is 0 Å². The van der Waals surface area contributed by atoms with Gasteiger partial charge in [0.05, 0.1) is 5.69 Å². The second kappa shape index (κ2) is 7.19. The van der Waals surface area contributed by atoms with Crippen LogP contribution < -0.4 is 5.32 Å². The van der Waals surface area contributed by atoms with Crippen molar-refractivity contribution in [2.45, 2.75) is 25.2 Å². The molecule has 1 atom stereocenters. The molecule has 0 spiro atoms. The van der Waals surface area contributed by atoms with Crippen molar-refractivity contribution in [1.82, 2.24) is 25.1 Å². The minimum absolute atomic E-state index is 0.0131. The standard InChI is InChI=1S/C20H22N6O/c1-20(16-6-3-2-4-7-16)12-5-13-25(14-20)19(27)22-17-8-10-18(11-9-17)26-15-21-23-24-26/h2-4,6-11,15H,5,12-14H2,1H3,(H,22,27). The summed E-state index contributed by atoms with van der Waals surface area (Å²) in [5.74, 6) is 0. The Morgan fingerprint density at radius 2 is 1.89 bits per heavy atom. The molecule has 138 valence electrons. The summed E-state index contributed by atoms with van der Waals surface area (Å²) in [6.45, 7) is 3.73. The van der Waals surface area contributed by atoms with Crippen LogP contribution in [0.1, 0.15) is 25.3 Å². The predicted octanol–water partition coefficient (Wildman–Crippen LogP) is 3.25. The fourth-order valence-corrected chi connectivity index (χ4v) is 3.67. The summed E-state index contributed by atoms with van der Waals surface area (Å²) in [6, 6.07) is 17.8. The minimum atomic E-state index is -0.0629. The van der Waals surface area contributed by atoms with Crippen LogP contribution in [-0.4, -0.2) is 44.2 Å². The van der Waals surface area contributed by atoms with E-state index in [-0.39, 0.29) is 11.4 Å². The van der Waals surface area contributed by atoms with E-state index in [4.69, 9.17) is 0 Å². The number of likely N-dealkylation sites (tertiary alicyclic amines) is 1. The number of carbonyl (C=O) groups excluding carboxylic acids is 1. The summed E-state index contributed by atoms with van der Waals surface area (Å²) in [5.41, 5.74) is 2.87. The molecule has 1 aromatic heterocycles. The third-order valence-electron chi connectivity index (χ3n) is 5.19. The number of rotatable bonds is 3. The smallest absolute Gasteiger partial charge is 0.321 e. The van der Waals surface area contributed by atoms with Gasteiger partial charge in [-0.25, -0.2) is 9.48 Å². The molecule has 1 fully saturated rings. The van der Waals surface area contributed by atoms with Crippen molar-refractivity contribution >= 4 is 11.7 Å². The Labute approximate surface area is 158 Å². The highest BCUT2D eigenvalue weighted by Gasteiger charge is 2.34. The molecule has 7 nitrogen and oxygen atoms in total. The molecule has 2 aromatic carbocycles. The molecule has 0 radical (unpaired) electrons. The van der Waals surface area contributed by atoms with Crippen LogP contribution in [0.4, 0.5) is 10.5 Å². The van der Waals surface area contributed by atoms with Gasteiger partial charge in [-0.15, -0.1) is 5.10 Å². The lowest BCUT2D eigenvalue weighted by Crippen LogP contribution is -2.48. The van der Waals surface area contributed by atoms with Crippen LogP contribution in [0.25, 0.3) is 5.69 Å². The molecular formula is C20H22N6O. The number of piperidine rings is 1. The van der Waals surface area contributed by atoms with Gasteiger partial charge in [-0.3, -0.25) is 0 Å². The molecule has 7 heteroatoms. The number of nitrogens with one attached hydrogen (secondary N) is 1. The number of hydrogen-bond acceptors (Lipinski definition) is 4. The normalized spacial score (nSPS) is 19.7. The molecule has 2 heterocycles. The van der Waals surface area contributed by atoms with E-state index >= 15 is 0 Å². The van der Waals surface area contributed by atoms with Crippen LogP contribution >= 0.6 is 0 Å². The molecule has 1 saturated heterocycles. The number of nitrogens with zero attached hydrogens (tertiary/aromatic N) is 5. The van der Waals surface area contributed by atoms with Crippen LogP contribution in [0.2, 0.25) is 0 Å². The number of hydrogen-bond donors (Lipinski definition) is 1. The van der Waals surface area contributed by atoms with Crippen molar-refractivity contribution in [2.75, 3.05) is 18.4 Å². The minimum Gasteiger partial charge on any atom is -0.324 e. The Balaban J connectivity index is 1.43. The van der Waals surface area contributed by atoms with E-state index in [0.717, 1.165) is 30.8 Å². The third kappa shape index (κ3) is 3.67. The molecule has 1 unspecified atom stereocenters. The van der Waals surface area contributed by atoms with Crippen molar-refractivity contribution in [2.24, 2.45) is 0 Å². The van der Waals surface area contributed by atoms with E-state index in [1.807, 2.05) is 35.2 Å². The van der Waals surface area contributed by atoms with Crippen molar-refractivity contribution < 1.29 is 4.79 Å². The van der Waals surface area contributed by atoms with E-state index in [1.165, 1.54) is 11.9 Å². The number of carbonyl (C=O) groups is 1. The van der Waals surface area contributed by atoms with Crippen LogP contribution in [0.15, 0.2) is 60.9 Å². The number of amides is 2. The maximum atomic E-state index is 12.8. The van der Waals surface area contributed by atoms with Crippen molar-refractivity contribution in [3.05, 3.63) is 66.5 Å². The predicted molar refractivity (Wildman–Crippen MR) is 103 cm³/mol. The second-order valence-corrected chi connectivity index (χ2v) is 7.18. The average Bonchev–Trinajstić information content (AvgIpc) is 3.24. The lowest BCUT2D eigenvalue weighted by atomic mass is 9.76. The van der Waals surface area contributed by atoms with Crippen molar-refractivity contribution in [1.29, 1.82) is 0 Å². The van der Waals surface area contributed by atoms with Gasteiger partial charge in [0.1, 0.15) is 6.33 Å². The van der Waals surface area contributed by atoms with Crippen molar-refractivity contribution in [3.8, 4) is 5.69 Å². The number of aromatic nitrogens is 4. The van der Waals surface area contributed by atoms with Crippen LogP contribution in [0, 0.1) is 0 Å². The fraction of sp³-hybridized carbons (Fsp3) is 0.300. The maximum absolute atomic E-state index is 12.8. The number of benzene rings is 2. The maximum Gasteiger partial charge on any atom is 0.321 e. The van der Waals surface area contributed by atoms with E-state index in [9.17, 15) is 4.79 Å². The molecule has 2 amide bonds. The van der Waals surface area contributed by atoms with Gasteiger partial charge in [-0.2, -0.15) is 0 Å². The molecule has 0 saturated carbocycles. The van der Waals surface area contributed by atoms with Gasteiger partial charge in [0.15, 0.2) is 0 Å². The first kappa shape index (κ1) is 17.2. The monoisotopic (exact) mass is 362 g/mol. The lowest BCUT2D eigenvalue weighted by molar-refractivity contribution is 0.167. The summed E-state index contributed by atoms with van der Waals surface area (Å²) in [6.07, 6.45) is 3.62. The van der Waals surface area contributed by atoms with Gasteiger partial charge >= 0.3 is 6.03 Å². The quantitative estimate of drug-likeness (QED) is 0.776. The molecule has 0 bridgehead atoms. The summed E-state index contributed by atoms with van der Waals surface area (Å²) in [7, 11) is 0. The van der Waals surface area contributed by atoms with Crippen molar-refractivity contribution in [3.63, 3.8) is 0 Å². The Hall–Kier alpha value is -3.22. The fourth-order valence-electron chi connectivity index (χ4n) is 3.67. The zero-order valence-corrected chi connectivity index (χ0v) is 15.2. The molecule has 1 aliphatic heterocycles. The number of urea groups is 1. The lowest BCUT2D eigenvalue weighted by Gasteiger charge is -2.40. The number of tetrazole rings is 1. The Morgan fingerprint density at radius 1 is 1.11 bits per heavy atom. The molecule has 27 heavy (non-hydrogen) atoms. The summed E-state index contributed by atoms with van der Waals surface area (Å²) < 4.78 is 1.57. The van der Waals surface area contributed by atoms with E-state index in [1.54, 1.807) is 4.68 Å². The van der Waals surface area contributed by atoms with E-state index < -0.39 is 0 Å². The molecule has 1 aliphatic rings. The summed E-state index contributed by atoms with van der Waals surface area (Å²) in [4.78, 5) is 14.7. The highest BCUT2D eigenvalue weighted by atomic mass is 16.2.